The van der Waals surface area contributed by atoms with Crippen molar-refractivity contribution in [3.63, 3.8) is 0 Å². The number of aliphatic hydroxyl groups excluding tert-OH is 1. The molecule has 0 fully saturated rings. The highest BCUT2D eigenvalue weighted by Gasteiger charge is 2.17. The standard InChI is InChI=1S/C12H18ClN3O2/c1-3-8(4-2)10(17)7-14-12(18)9-5-6-11(13)16-15-9/h5-6,8,10,17H,3-4,7H2,1-2H3,(H,14,18). The molecule has 0 aliphatic rings. The average molecular weight is 272 g/mol. The van der Waals surface area contributed by atoms with Crippen molar-refractivity contribution in [2.75, 3.05) is 6.54 Å². The van der Waals surface area contributed by atoms with E-state index in [-0.39, 0.29) is 29.2 Å². The van der Waals surface area contributed by atoms with Crippen LogP contribution in [0.4, 0.5) is 0 Å². The molecule has 1 aromatic heterocycles. The highest BCUT2D eigenvalue weighted by Crippen LogP contribution is 2.12. The number of nitrogens with one attached hydrogen (secondary N) is 1. The van der Waals surface area contributed by atoms with E-state index in [0.717, 1.165) is 12.8 Å². The van der Waals surface area contributed by atoms with Gasteiger partial charge in [-0.25, -0.2) is 0 Å². The Bertz CT molecular complexity index is 379. The Kier molecular flexibility index (Phi) is 6.01. The average Bonchev–Trinajstić information content (AvgIpc) is 2.38. The van der Waals surface area contributed by atoms with Crippen LogP contribution in [-0.4, -0.2) is 33.9 Å². The summed E-state index contributed by atoms with van der Waals surface area (Å²) in [5, 5.41) is 20.0. The second-order valence-corrected chi connectivity index (χ2v) is 4.48. The van der Waals surface area contributed by atoms with E-state index in [0.29, 0.717) is 0 Å². The van der Waals surface area contributed by atoms with Gasteiger partial charge in [0.05, 0.1) is 6.10 Å². The summed E-state index contributed by atoms with van der Waals surface area (Å²) >= 11 is 5.58. The van der Waals surface area contributed by atoms with E-state index in [9.17, 15) is 9.90 Å². The molecule has 0 saturated carbocycles. The van der Waals surface area contributed by atoms with E-state index < -0.39 is 6.10 Å². The van der Waals surface area contributed by atoms with Crippen LogP contribution in [0.25, 0.3) is 0 Å². The van der Waals surface area contributed by atoms with Crippen molar-refractivity contribution >= 4 is 17.5 Å². The number of aliphatic hydroxyl groups is 1. The zero-order valence-electron chi connectivity index (χ0n) is 10.6. The molecule has 1 heterocycles. The van der Waals surface area contributed by atoms with E-state index in [4.69, 9.17) is 11.6 Å². The smallest absolute Gasteiger partial charge is 0.271 e. The van der Waals surface area contributed by atoms with E-state index in [2.05, 4.69) is 15.5 Å². The number of nitrogens with zero attached hydrogens (tertiary/aromatic N) is 2. The van der Waals surface area contributed by atoms with Gasteiger partial charge in [-0.15, -0.1) is 10.2 Å². The van der Waals surface area contributed by atoms with Gasteiger partial charge in [0.25, 0.3) is 5.91 Å². The summed E-state index contributed by atoms with van der Waals surface area (Å²) in [6.07, 6.45) is 1.23. The van der Waals surface area contributed by atoms with Crippen molar-refractivity contribution in [3.8, 4) is 0 Å². The molecule has 100 valence electrons. The molecule has 5 nitrogen and oxygen atoms in total. The third-order valence-electron chi connectivity index (χ3n) is 2.93. The Morgan fingerprint density at radius 2 is 2.06 bits per heavy atom. The summed E-state index contributed by atoms with van der Waals surface area (Å²) in [5.41, 5.74) is 0.191. The minimum absolute atomic E-state index is 0.191. The van der Waals surface area contributed by atoms with Gasteiger partial charge in [0.15, 0.2) is 10.8 Å². The van der Waals surface area contributed by atoms with Crippen LogP contribution in [-0.2, 0) is 0 Å². The summed E-state index contributed by atoms with van der Waals surface area (Å²) in [4.78, 5) is 11.7. The third-order valence-corrected chi connectivity index (χ3v) is 3.13. The lowest BCUT2D eigenvalue weighted by Crippen LogP contribution is -2.36. The van der Waals surface area contributed by atoms with Gasteiger partial charge in [-0.3, -0.25) is 4.79 Å². The second kappa shape index (κ2) is 7.28. The van der Waals surface area contributed by atoms with Gasteiger partial charge in [0.1, 0.15) is 0 Å². The highest BCUT2D eigenvalue weighted by molar-refractivity contribution is 6.29. The lowest BCUT2D eigenvalue weighted by atomic mass is 9.96. The van der Waals surface area contributed by atoms with Gasteiger partial charge >= 0.3 is 0 Å². The SMILES string of the molecule is CCC(CC)C(O)CNC(=O)c1ccc(Cl)nn1. The molecule has 0 aromatic carbocycles. The van der Waals surface area contributed by atoms with Crippen molar-refractivity contribution in [3.05, 3.63) is 23.0 Å². The number of aromatic nitrogens is 2. The van der Waals surface area contributed by atoms with Gasteiger partial charge in [-0.05, 0) is 18.1 Å². The molecule has 1 atom stereocenters. The van der Waals surface area contributed by atoms with Crippen molar-refractivity contribution in [1.82, 2.24) is 15.5 Å². The maximum Gasteiger partial charge on any atom is 0.271 e. The Labute approximate surface area is 112 Å². The minimum Gasteiger partial charge on any atom is -0.391 e. The van der Waals surface area contributed by atoms with Crippen LogP contribution in [0, 0.1) is 5.92 Å². The van der Waals surface area contributed by atoms with E-state index in [1.165, 1.54) is 12.1 Å². The maximum absolute atomic E-state index is 11.7. The number of hydrogen-bond donors (Lipinski definition) is 2. The molecule has 0 saturated heterocycles. The lowest BCUT2D eigenvalue weighted by molar-refractivity contribution is 0.0812. The van der Waals surface area contributed by atoms with Gasteiger partial charge < -0.3 is 10.4 Å². The first-order chi connectivity index (χ1) is 8.58. The highest BCUT2D eigenvalue weighted by atomic mass is 35.5. The molecule has 2 N–H and O–H groups in total. The number of carbonyl (C=O) groups is 1. The molecule has 1 unspecified atom stereocenters. The molecule has 18 heavy (non-hydrogen) atoms. The zero-order chi connectivity index (χ0) is 13.5. The number of halogens is 1. The maximum atomic E-state index is 11.7. The Hall–Kier alpha value is -1.20. The molecule has 6 heteroatoms. The summed E-state index contributed by atoms with van der Waals surface area (Å²) < 4.78 is 0. The van der Waals surface area contributed by atoms with Crippen LogP contribution >= 0.6 is 11.6 Å². The summed E-state index contributed by atoms with van der Waals surface area (Å²) in [5.74, 6) is -0.161. The van der Waals surface area contributed by atoms with E-state index in [1.54, 1.807) is 0 Å². The molecular weight excluding hydrogens is 254 g/mol. The molecule has 1 aromatic rings. The van der Waals surface area contributed by atoms with Crippen LogP contribution in [0.1, 0.15) is 37.2 Å². The molecule has 0 radical (unpaired) electrons. The predicted octanol–water partition coefficient (Wildman–Crippen LogP) is 1.66. The fourth-order valence-electron chi connectivity index (χ4n) is 1.72. The van der Waals surface area contributed by atoms with Crippen LogP contribution in [0.15, 0.2) is 12.1 Å². The Morgan fingerprint density at radius 1 is 1.39 bits per heavy atom. The first-order valence-corrected chi connectivity index (χ1v) is 6.41. The quantitative estimate of drug-likeness (QED) is 0.825. The van der Waals surface area contributed by atoms with Crippen LogP contribution in [0.3, 0.4) is 0 Å². The first-order valence-electron chi connectivity index (χ1n) is 6.04. The topological polar surface area (TPSA) is 75.1 Å². The fourth-order valence-corrected chi connectivity index (χ4v) is 1.83. The van der Waals surface area contributed by atoms with Crippen LogP contribution in [0.2, 0.25) is 5.15 Å². The molecule has 0 bridgehead atoms. The number of amides is 1. The monoisotopic (exact) mass is 271 g/mol. The minimum atomic E-state index is -0.538. The van der Waals surface area contributed by atoms with E-state index >= 15 is 0 Å². The fraction of sp³-hybridized carbons (Fsp3) is 0.583. The molecular formula is C12H18ClN3O2. The molecule has 0 aliphatic carbocycles. The Balaban J connectivity index is 2.48. The number of carbonyl (C=O) groups excluding carboxylic acids is 1. The van der Waals surface area contributed by atoms with Crippen molar-refractivity contribution in [2.24, 2.45) is 5.92 Å². The van der Waals surface area contributed by atoms with Gasteiger partial charge in [0, 0.05) is 6.54 Å². The van der Waals surface area contributed by atoms with Crippen molar-refractivity contribution in [2.45, 2.75) is 32.8 Å². The van der Waals surface area contributed by atoms with Crippen LogP contribution in [0.5, 0.6) is 0 Å². The normalized spacial score (nSPS) is 12.5. The van der Waals surface area contributed by atoms with Gasteiger partial charge in [-0.2, -0.15) is 0 Å². The molecule has 0 aliphatic heterocycles. The number of hydrogen-bond acceptors (Lipinski definition) is 4. The van der Waals surface area contributed by atoms with E-state index in [1.807, 2.05) is 13.8 Å². The summed E-state index contributed by atoms with van der Waals surface area (Å²) in [6, 6.07) is 2.99. The lowest BCUT2D eigenvalue weighted by Gasteiger charge is -2.20. The second-order valence-electron chi connectivity index (χ2n) is 4.10. The predicted molar refractivity (Wildman–Crippen MR) is 69.5 cm³/mol. The molecule has 1 amide bonds. The molecule has 1 rings (SSSR count). The zero-order valence-corrected chi connectivity index (χ0v) is 11.3. The van der Waals surface area contributed by atoms with Gasteiger partial charge in [0.2, 0.25) is 0 Å². The van der Waals surface area contributed by atoms with Gasteiger partial charge in [-0.1, -0.05) is 38.3 Å². The van der Waals surface area contributed by atoms with Crippen molar-refractivity contribution < 1.29 is 9.90 Å². The van der Waals surface area contributed by atoms with Crippen LogP contribution < -0.4 is 5.32 Å². The number of rotatable bonds is 6. The first kappa shape index (κ1) is 14.9. The Morgan fingerprint density at radius 3 is 2.56 bits per heavy atom. The summed E-state index contributed by atoms with van der Waals surface area (Å²) in [6.45, 7) is 4.25. The summed E-state index contributed by atoms with van der Waals surface area (Å²) in [7, 11) is 0. The van der Waals surface area contributed by atoms with Crippen molar-refractivity contribution in [1.29, 1.82) is 0 Å². The third kappa shape index (κ3) is 4.23. The largest absolute Gasteiger partial charge is 0.391 e. The molecule has 0 spiro atoms.